The molecule has 2 aromatic rings. The summed E-state index contributed by atoms with van der Waals surface area (Å²) < 4.78 is 6.90. The van der Waals surface area contributed by atoms with E-state index in [1.165, 1.54) is 22.8 Å². The molecule has 0 aliphatic rings. The van der Waals surface area contributed by atoms with Crippen LogP contribution >= 0.6 is 0 Å². The average Bonchev–Trinajstić information content (AvgIpc) is 2.40. The predicted molar refractivity (Wildman–Crippen MR) is 74.0 cm³/mol. The van der Waals surface area contributed by atoms with Gasteiger partial charge in [-0.05, 0) is 18.2 Å². The van der Waals surface area contributed by atoms with Gasteiger partial charge in [0, 0.05) is 18.0 Å². The van der Waals surface area contributed by atoms with Gasteiger partial charge in [0.2, 0.25) is 0 Å². The van der Waals surface area contributed by atoms with Crippen LogP contribution in [0.5, 0.6) is 5.75 Å². The molecule has 0 unspecified atom stereocenters. The molecular formula is C14H14N2O4. The maximum Gasteiger partial charge on any atom is 0.341 e. The minimum Gasteiger partial charge on any atom is -0.491 e. The number of ether oxygens (including phenoxy) is 1. The number of carboxylic acids is 1. The van der Waals surface area contributed by atoms with Crippen LogP contribution < -0.4 is 16.0 Å². The van der Waals surface area contributed by atoms with Crippen LogP contribution in [-0.2, 0) is 6.54 Å². The van der Waals surface area contributed by atoms with Crippen molar-refractivity contribution in [3.8, 4) is 5.75 Å². The van der Waals surface area contributed by atoms with E-state index in [-0.39, 0.29) is 29.2 Å². The lowest BCUT2D eigenvalue weighted by Crippen LogP contribution is -2.21. The molecule has 0 aliphatic carbocycles. The Morgan fingerprint density at radius 1 is 1.25 bits per heavy atom. The van der Waals surface area contributed by atoms with Crippen molar-refractivity contribution in [2.45, 2.75) is 6.54 Å². The molecule has 0 saturated heterocycles. The molecule has 1 aromatic carbocycles. The largest absolute Gasteiger partial charge is 0.491 e. The topological polar surface area (TPSA) is 94.5 Å². The second-order valence-electron chi connectivity index (χ2n) is 4.11. The van der Waals surface area contributed by atoms with E-state index in [9.17, 15) is 9.59 Å². The molecule has 0 bridgehead atoms. The summed E-state index contributed by atoms with van der Waals surface area (Å²) in [7, 11) is 0. The van der Waals surface area contributed by atoms with Crippen LogP contribution in [0.4, 0.5) is 5.69 Å². The Morgan fingerprint density at radius 2 is 2.05 bits per heavy atom. The molecule has 20 heavy (non-hydrogen) atoms. The molecule has 3 N–H and O–H groups in total. The van der Waals surface area contributed by atoms with Crippen molar-refractivity contribution in [1.29, 1.82) is 0 Å². The van der Waals surface area contributed by atoms with Crippen molar-refractivity contribution in [3.63, 3.8) is 0 Å². The highest BCUT2D eigenvalue weighted by atomic mass is 16.5. The molecule has 0 amide bonds. The number of aromatic nitrogens is 1. The monoisotopic (exact) mass is 274 g/mol. The quantitative estimate of drug-likeness (QED) is 0.799. The smallest absolute Gasteiger partial charge is 0.341 e. The maximum absolute atomic E-state index is 11.5. The predicted octanol–water partition coefficient (Wildman–Crippen LogP) is 1.21. The normalized spacial score (nSPS) is 10.2. The van der Waals surface area contributed by atoms with Crippen LogP contribution in [0.3, 0.4) is 0 Å². The van der Waals surface area contributed by atoms with Crippen molar-refractivity contribution in [1.82, 2.24) is 4.57 Å². The lowest BCUT2D eigenvalue weighted by molar-refractivity contribution is 0.0693. The number of nitrogen functional groups attached to an aromatic ring is 1. The standard InChI is InChI=1S/C14H14N2O4/c15-10-4-3-5-11(13(10)14(18)19)20-9-8-16-7-2-1-6-12(16)17/h1-7H,8-9,15H2,(H,18,19). The van der Waals surface area contributed by atoms with Crippen LogP contribution in [-0.4, -0.2) is 22.2 Å². The van der Waals surface area contributed by atoms with Gasteiger partial charge in [-0.25, -0.2) is 4.79 Å². The van der Waals surface area contributed by atoms with E-state index in [4.69, 9.17) is 15.6 Å². The fourth-order valence-electron chi connectivity index (χ4n) is 1.80. The minimum absolute atomic E-state index is 0.0621. The van der Waals surface area contributed by atoms with Crippen molar-refractivity contribution in [2.75, 3.05) is 12.3 Å². The zero-order chi connectivity index (χ0) is 14.5. The molecular weight excluding hydrogens is 260 g/mol. The molecule has 104 valence electrons. The number of hydrogen-bond donors (Lipinski definition) is 2. The SMILES string of the molecule is Nc1cccc(OCCn2ccccc2=O)c1C(=O)O. The fourth-order valence-corrected chi connectivity index (χ4v) is 1.80. The number of nitrogens with zero attached hydrogens (tertiary/aromatic N) is 1. The molecule has 6 heteroatoms. The first kappa shape index (κ1) is 13.7. The Hall–Kier alpha value is -2.76. The van der Waals surface area contributed by atoms with Crippen LogP contribution in [0.2, 0.25) is 0 Å². The van der Waals surface area contributed by atoms with Gasteiger partial charge < -0.3 is 20.1 Å². The summed E-state index contributed by atoms with van der Waals surface area (Å²) in [4.78, 5) is 22.6. The van der Waals surface area contributed by atoms with Crippen LogP contribution in [0, 0.1) is 0 Å². The van der Waals surface area contributed by atoms with E-state index in [0.717, 1.165) is 0 Å². The van der Waals surface area contributed by atoms with E-state index >= 15 is 0 Å². The van der Waals surface area contributed by atoms with Gasteiger partial charge in [-0.3, -0.25) is 4.79 Å². The highest BCUT2D eigenvalue weighted by molar-refractivity contribution is 5.96. The third-order valence-corrected chi connectivity index (χ3v) is 2.76. The number of hydrogen-bond acceptors (Lipinski definition) is 4. The van der Waals surface area contributed by atoms with Crippen LogP contribution in [0.15, 0.2) is 47.4 Å². The summed E-state index contributed by atoms with van der Waals surface area (Å²) in [6, 6.07) is 9.49. The highest BCUT2D eigenvalue weighted by Crippen LogP contribution is 2.24. The molecule has 1 heterocycles. The molecule has 0 radical (unpaired) electrons. The highest BCUT2D eigenvalue weighted by Gasteiger charge is 2.14. The van der Waals surface area contributed by atoms with Crippen molar-refractivity contribution in [3.05, 3.63) is 58.5 Å². The lowest BCUT2D eigenvalue weighted by Gasteiger charge is -2.11. The first-order chi connectivity index (χ1) is 9.59. The fraction of sp³-hybridized carbons (Fsp3) is 0.143. The second kappa shape index (κ2) is 5.92. The summed E-state index contributed by atoms with van der Waals surface area (Å²) in [5.41, 5.74) is 5.56. The van der Waals surface area contributed by atoms with Gasteiger partial charge in [-0.15, -0.1) is 0 Å². The van der Waals surface area contributed by atoms with Crippen molar-refractivity contribution in [2.24, 2.45) is 0 Å². The molecule has 2 rings (SSSR count). The van der Waals surface area contributed by atoms with Gasteiger partial charge >= 0.3 is 5.97 Å². The van der Waals surface area contributed by atoms with E-state index in [2.05, 4.69) is 0 Å². The first-order valence-corrected chi connectivity index (χ1v) is 5.99. The van der Waals surface area contributed by atoms with Gasteiger partial charge in [-0.1, -0.05) is 12.1 Å². The van der Waals surface area contributed by atoms with Gasteiger partial charge in [0.05, 0.1) is 6.54 Å². The van der Waals surface area contributed by atoms with Crippen LogP contribution in [0.1, 0.15) is 10.4 Å². The van der Waals surface area contributed by atoms with Gasteiger partial charge in [-0.2, -0.15) is 0 Å². The number of nitrogens with two attached hydrogens (primary N) is 1. The minimum atomic E-state index is -1.14. The number of carbonyl (C=O) groups is 1. The van der Waals surface area contributed by atoms with Crippen LogP contribution in [0.25, 0.3) is 0 Å². The Morgan fingerprint density at radius 3 is 2.75 bits per heavy atom. The third kappa shape index (κ3) is 2.97. The maximum atomic E-state index is 11.5. The number of carboxylic acid groups (broad SMARTS) is 1. The first-order valence-electron chi connectivity index (χ1n) is 5.99. The summed E-state index contributed by atoms with van der Waals surface area (Å²) in [6.45, 7) is 0.501. The number of benzene rings is 1. The Bertz CT molecular complexity index is 679. The van der Waals surface area contributed by atoms with E-state index in [1.807, 2.05) is 0 Å². The molecule has 6 nitrogen and oxygen atoms in total. The summed E-state index contributed by atoms with van der Waals surface area (Å²) >= 11 is 0. The molecule has 0 spiro atoms. The number of rotatable bonds is 5. The Balaban J connectivity index is 2.09. The molecule has 0 aliphatic heterocycles. The lowest BCUT2D eigenvalue weighted by atomic mass is 10.1. The Kier molecular flexibility index (Phi) is 4.05. The number of anilines is 1. The molecule has 1 aromatic heterocycles. The third-order valence-electron chi connectivity index (χ3n) is 2.76. The van der Waals surface area contributed by atoms with Gasteiger partial charge in [0.1, 0.15) is 17.9 Å². The average molecular weight is 274 g/mol. The van der Waals surface area contributed by atoms with E-state index in [1.54, 1.807) is 24.4 Å². The number of pyridine rings is 1. The van der Waals surface area contributed by atoms with E-state index < -0.39 is 5.97 Å². The molecule has 0 fully saturated rings. The summed E-state index contributed by atoms with van der Waals surface area (Å²) in [6.07, 6.45) is 1.64. The molecule has 0 saturated carbocycles. The van der Waals surface area contributed by atoms with Crippen molar-refractivity contribution < 1.29 is 14.6 Å². The molecule has 0 atom stereocenters. The zero-order valence-electron chi connectivity index (χ0n) is 10.7. The number of aromatic carboxylic acids is 1. The summed E-state index contributed by atoms with van der Waals surface area (Å²) in [5, 5.41) is 9.09. The van der Waals surface area contributed by atoms with E-state index in [0.29, 0.717) is 6.54 Å². The van der Waals surface area contributed by atoms with Gasteiger partial charge in [0.15, 0.2) is 0 Å². The van der Waals surface area contributed by atoms with Gasteiger partial charge in [0.25, 0.3) is 5.56 Å². The Labute approximate surface area is 115 Å². The second-order valence-corrected chi connectivity index (χ2v) is 4.11. The van der Waals surface area contributed by atoms with Crippen molar-refractivity contribution >= 4 is 11.7 Å². The zero-order valence-corrected chi connectivity index (χ0v) is 10.7. The summed E-state index contributed by atoms with van der Waals surface area (Å²) in [5.74, 6) is -0.948.